The second-order valence-electron chi connectivity index (χ2n) is 7.05. The zero-order valence-corrected chi connectivity index (χ0v) is 18.9. The molecule has 1 aliphatic rings. The topological polar surface area (TPSA) is 88.5 Å². The molecule has 3 rings (SSSR count). The zero-order chi connectivity index (χ0) is 19.9. The highest BCUT2D eigenvalue weighted by molar-refractivity contribution is 14.0. The standard InChI is InChI=1S/C20H27FN6O.HI/c1-2-24-20(26-8-3-4-16(13-26)11-19(22)28)25-12-15-5-6-18(17(21)10-15)27-9-7-23-14-27;/h5-7,9-10,14,16H,2-4,8,11-13H2,1H3,(H2,22,28)(H,24,25);1H. The number of nitrogens with one attached hydrogen (secondary N) is 1. The molecule has 3 N–H and O–H groups in total. The Bertz CT molecular complexity index is 826. The summed E-state index contributed by atoms with van der Waals surface area (Å²) in [5, 5.41) is 3.30. The highest BCUT2D eigenvalue weighted by Gasteiger charge is 2.23. The number of primary amides is 1. The molecule has 9 heteroatoms. The fourth-order valence-corrected chi connectivity index (χ4v) is 3.56. The first-order valence-corrected chi connectivity index (χ1v) is 9.65. The molecule has 29 heavy (non-hydrogen) atoms. The lowest BCUT2D eigenvalue weighted by Gasteiger charge is -2.34. The molecule has 2 heterocycles. The van der Waals surface area contributed by atoms with Gasteiger partial charge in [0.1, 0.15) is 5.82 Å². The van der Waals surface area contributed by atoms with Gasteiger partial charge in [0.2, 0.25) is 5.91 Å². The van der Waals surface area contributed by atoms with E-state index < -0.39 is 0 Å². The Labute approximate surface area is 187 Å². The normalized spacial score (nSPS) is 17.0. The minimum absolute atomic E-state index is 0. The van der Waals surface area contributed by atoms with E-state index in [1.165, 1.54) is 6.07 Å². The number of imidazole rings is 1. The Morgan fingerprint density at radius 1 is 1.45 bits per heavy atom. The van der Waals surface area contributed by atoms with Gasteiger partial charge in [0.15, 0.2) is 5.96 Å². The summed E-state index contributed by atoms with van der Waals surface area (Å²) >= 11 is 0. The molecule has 1 aromatic heterocycles. The van der Waals surface area contributed by atoms with Gasteiger partial charge in [-0.25, -0.2) is 14.4 Å². The summed E-state index contributed by atoms with van der Waals surface area (Å²) in [6, 6.07) is 5.12. The Hall–Kier alpha value is -2.17. The SMILES string of the molecule is CCNC(=NCc1ccc(-n2ccnc2)c(F)c1)N1CCCC(CC(N)=O)C1.I. The number of nitrogens with two attached hydrogens (primary N) is 1. The van der Waals surface area contributed by atoms with Crippen molar-refractivity contribution in [2.24, 2.45) is 16.6 Å². The van der Waals surface area contributed by atoms with Crippen LogP contribution in [0.25, 0.3) is 5.69 Å². The molecular formula is C20H28FIN6O. The van der Waals surface area contributed by atoms with E-state index in [2.05, 4.69) is 20.2 Å². The highest BCUT2D eigenvalue weighted by atomic mass is 127. The number of aliphatic imine (C=N–C) groups is 1. The van der Waals surface area contributed by atoms with Gasteiger partial charge < -0.3 is 20.5 Å². The number of aromatic nitrogens is 2. The van der Waals surface area contributed by atoms with Crippen LogP contribution in [0, 0.1) is 11.7 Å². The Balaban J connectivity index is 0.00000300. The highest BCUT2D eigenvalue weighted by Crippen LogP contribution is 2.20. The summed E-state index contributed by atoms with van der Waals surface area (Å²) < 4.78 is 16.1. The molecule has 1 amide bonds. The van der Waals surface area contributed by atoms with E-state index in [-0.39, 0.29) is 41.6 Å². The maximum absolute atomic E-state index is 14.4. The van der Waals surface area contributed by atoms with Crippen molar-refractivity contribution in [1.29, 1.82) is 0 Å². The number of benzene rings is 1. The van der Waals surface area contributed by atoms with Crippen LogP contribution >= 0.6 is 24.0 Å². The van der Waals surface area contributed by atoms with E-state index in [1.807, 2.05) is 13.0 Å². The molecule has 7 nitrogen and oxygen atoms in total. The third kappa shape index (κ3) is 6.41. The lowest BCUT2D eigenvalue weighted by Crippen LogP contribution is -2.47. The van der Waals surface area contributed by atoms with Gasteiger partial charge >= 0.3 is 0 Å². The first kappa shape index (κ1) is 23.1. The van der Waals surface area contributed by atoms with Crippen LogP contribution in [0.3, 0.4) is 0 Å². The van der Waals surface area contributed by atoms with Crippen molar-refractivity contribution >= 4 is 35.8 Å². The Morgan fingerprint density at radius 2 is 2.28 bits per heavy atom. The number of nitrogens with zero attached hydrogens (tertiary/aromatic N) is 4. The zero-order valence-electron chi connectivity index (χ0n) is 16.6. The van der Waals surface area contributed by atoms with E-state index in [0.29, 0.717) is 18.7 Å². The van der Waals surface area contributed by atoms with Crippen LogP contribution in [0.15, 0.2) is 41.9 Å². The molecule has 0 spiro atoms. The molecule has 0 saturated carbocycles. The summed E-state index contributed by atoms with van der Waals surface area (Å²) in [5.74, 6) is 0.468. The first-order valence-electron chi connectivity index (χ1n) is 9.65. The molecule has 2 aromatic rings. The predicted octanol–water partition coefficient (Wildman–Crippen LogP) is 2.68. The van der Waals surface area contributed by atoms with Crippen LogP contribution in [0.4, 0.5) is 4.39 Å². The molecule has 0 bridgehead atoms. The van der Waals surface area contributed by atoms with Gasteiger partial charge in [-0.3, -0.25) is 4.79 Å². The lowest BCUT2D eigenvalue weighted by molar-refractivity contribution is -0.119. The number of piperidine rings is 1. The summed E-state index contributed by atoms with van der Waals surface area (Å²) in [6.45, 7) is 4.77. The number of likely N-dealkylation sites (tertiary alicyclic amines) is 1. The van der Waals surface area contributed by atoms with E-state index in [9.17, 15) is 9.18 Å². The van der Waals surface area contributed by atoms with E-state index in [4.69, 9.17) is 5.73 Å². The molecule has 1 aliphatic heterocycles. The fraction of sp³-hybridized carbons (Fsp3) is 0.450. The maximum atomic E-state index is 14.4. The fourth-order valence-electron chi connectivity index (χ4n) is 3.56. The molecule has 0 radical (unpaired) electrons. The van der Waals surface area contributed by atoms with Gasteiger partial charge in [0.25, 0.3) is 0 Å². The number of guanidine groups is 1. The van der Waals surface area contributed by atoms with Crippen LogP contribution in [-0.2, 0) is 11.3 Å². The second-order valence-corrected chi connectivity index (χ2v) is 7.05. The van der Waals surface area contributed by atoms with Gasteiger partial charge in [-0.15, -0.1) is 24.0 Å². The van der Waals surface area contributed by atoms with Gasteiger partial charge in [0, 0.05) is 38.4 Å². The Kier molecular flexibility index (Phi) is 8.87. The van der Waals surface area contributed by atoms with Crippen molar-refractivity contribution in [2.45, 2.75) is 32.7 Å². The predicted molar refractivity (Wildman–Crippen MR) is 122 cm³/mol. The second kappa shape index (κ2) is 11.1. The van der Waals surface area contributed by atoms with Crippen molar-refractivity contribution in [3.63, 3.8) is 0 Å². The van der Waals surface area contributed by atoms with Crippen LogP contribution in [0.5, 0.6) is 0 Å². The molecule has 1 fully saturated rings. The average Bonchev–Trinajstić information content (AvgIpc) is 3.19. The van der Waals surface area contributed by atoms with Crippen molar-refractivity contribution in [3.8, 4) is 5.69 Å². The van der Waals surface area contributed by atoms with Gasteiger partial charge in [-0.1, -0.05) is 6.07 Å². The van der Waals surface area contributed by atoms with Crippen LogP contribution < -0.4 is 11.1 Å². The largest absolute Gasteiger partial charge is 0.370 e. The molecule has 158 valence electrons. The number of carbonyl (C=O) groups is 1. The first-order chi connectivity index (χ1) is 13.6. The summed E-state index contributed by atoms with van der Waals surface area (Å²) in [6.07, 6.45) is 7.29. The van der Waals surface area contributed by atoms with E-state index in [1.54, 1.807) is 29.4 Å². The summed E-state index contributed by atoms with van der Waals surface area (Å²) in [4.78, 5) is 22.0. The third-order valence-electron chi connectivity index (χ3n) is 4.85. The summed E-state index contributed by atoms with van der Waals surface area (Å²) in [7, 11) is 0. The van der Waals surface area contributed by atoms with E-state index >= 15 is 0 Å². The minimum Gasteiger partial charge on any atom is -0.370 e. The van der Waals surface area contributed by atoms with Crippen molar-refractivity contribution in [2.75, 3.05) is 19.6 Å². The van der Waals surface area contributed by atoms with Crippen molar-refractivity contribution in [1.82, 2.24) is 19.8 Å². The minimum atomic E-state index is -0.310. The number of rotatable bonds is 6. The number of carbonyl (C=O) groups excluding carboxylic acids is 1. The van der Waals surface area contributed by atoms with Crippen LogP contribution in [0.1, 0.15) is 31.7 Å². The smallest absolute Gasteiger partial charge is 0.217 e. The molecule has 1 atom stereocenters. The molecule has 1 aromatic carbocycles. The molecule has 1 unspecified atom stereocenters. The summed E-state index contributed by atoms with van der Waals surface area (Å²) in [5.41, 5.74) is 6.61. The number of halogens is 2. The average molecular weight is 514 g/mol. The van der Waals surface area contributed by atoms with Crippen molar-refractivity contribution < 1.29 is 9.18 Å². The number of amides is 1. The van der Waals surface area contributed by atoms with Gasteiger partial charge in [0.05, 0.1) is 18.6 Å². The Morgan fingerprint density at radius 3 is 2.93 bits per heavy atom. The number of hydrogen-bond donors (Lipinski definition) is 2. The number of hydrogen-bond acceptors (Lipinski definition) is 3. The monoisotopic (exact) mass is 514 g/mol. The lowest BCUT2D eigenvalue weighted by atomic mass is 9.95. The quantitative estimate of drug-likeness (QED) is 0.353. The third-order valence-corrected chi connectivity index (χ3v) is 4.85. The van der Waals surface area contributed by atoms with Gasteiger partial charge in [-0.2, -0.15) is 0 Å². The molecular weight excluding hydrogens is 486 g/mol. The van der Waals surface area contributed by atoms with Crippen molar-refractivity contribution in [3.05, 3.63) is 48.3 Å². The van der Waals surface area contributed by atoms with Crippen LogP contribution in [-0.4, -0.2) is 46.0 Å². The van der Waals surface area contributed by atoms with Gasteiger partial charge in [-0.05, 0) is 43.4 Å². The maximum Gasteiger partial charge on any atom is 0.217 e. The molecule has 0 aliphatic carbocycles. The van der Waals surface area contributed by atoms with Crippen LogP contribution in [0.2, 0.25) is 0 Å². The van der Waals surface area contributed by atoms with E-state index in [0.717, 1.165) is 44.0 Å². The molecule has 1 saturated heterocycles.